The number of pyridine rings is 1. The summed E-state index contributed by atoms with van der Waals surface area (Å²) in [5.41, 5.74) is 3.68. The molecule has 2 heterocycles. The summed E-state index contributed by atoms with van der Waals surface area (Å²) in [5.74, 6) is 0.921. The van der Waals surface area contributed by atoms with E-state index in [1.807, 2.05) is 13.2 Å². The molecule has 0 radical (unpaired) electrons. The molecule has 3 heteroatoms. The Hall–Kier alpha value is -1.38. The largest absolute Gasteiger partial charge is 0.373 e. The van der Waals surface area contributed by atoms with Gasteiger partial charge in [0.1, 0.15) is 5.82 Å². The summed E-state index contributed by atoms with van der Waals surface area (Å²) < 4.78 is 0. The van der Waals surface area contributed by atoms with Crippen LogP contribution < -0.4 is 5.32 Å². The minimum atomic E-state index is 0.921. The first kappa shape index (κ1) is 9.19. The predicted molar refractivity (Wildman–Crippen MR) is 59.2 cm³/mol. The average molecular weight is 189 g/mol. The van der Waals surface area contributed by atoms with Gasteiger partial charge in [-0.25, -0.2) is 4.98 Å². The maximum Gasteiger partial charge on any atom is 0.125 e. The molecule has 1 aliphatic heterocycles. The van der Waals surface area contributed by atoms with Crippen LogP contribution in [0.25, 0.3) is 0 Å². The van der Waals surface area contributed by atoms with Crippen molar-refractivity contribution in [2.24, 2.45) is 4.99 Å². The van der Waals surface area contributed by atoms with E-state index in [1.165, 1.54) is 23.3 Å². The Kier molecular flexibility index (Phi) is 2.48. The molecule has 2 rings (SSSR count). The molecule has 0 spiro atoms. The molecule has 74 valence electrons. The van der Waals surface area contributed by atoms with Gasteiger partial charge in [0.25, 0.3) is 0 Å². The number of anilines is 1. The van der Waals surface area contributed by atoms with E-state index in [1.54, 1.807) is 0 Å². The molecule has 1 aliphatic rings. The van der Waals surface area contributed by atoms with Gasteiger partial charge in [-0.1, -0.05) is 0 Å². The fraction of sp³-hybridized carbons (Fsp3) is 0.455. The number of aryl methyl sites for hydroxylation is 1. The SMILES string of the molecule is CNc1cc(C)c(C2=NCCC2)cn1. The minimum absolute atomic E-state index is 0.921. The molecule has 0 fully saturated rings. The van der Waals surface area contributed by atoms with Gasteiger partial charge in [-0.05, 0) is 31.4 Å². The van der Waals surface area contributed by atoms with Gasteiger partial charge < -0.3 is 5.32 Å². The third kappa shape index (κ3) is 1.62. The van der Waals surface area contributed by atoms with E-state index < -0.39 is 0 Å². The summed E-state index contributed by atoms with van der Waals surface area (Å²) in [6.07, 6.45) is 4.20. The lowest BCUT2D eigenvalue weighted by Crippen LogP contribution is -2.02. The van der Waals surface area contributed by atoms with Crippen LogP contribution in [0.1, 0.15) is 24.0 Å². The normalized spacial score (nSPS) is 15.4. The smallest absolute Gasteiger partial charge is 0.125 e. The molecule has 0 atom stereocenters. The number of nitrogens with one attached hydrogen (secondary N) is 1. The Labute approximate surface area is 84.3 Å². The Balaban J connectivity index is 2.34. The molecule has 0 aromatic carbocycles. The summed E-state index contributed by atoms with van der Waals surface area (Å²) in [5, 5.41) is 3.03. The fourth-order valence-electron chi connectivity index (χ4n) is 1.75. The second-order valence-corrected chi connectivity index (χ2v) is 3.57. The van der Waals surface area contributed by atoms with E-state index in [-0.39, 0.29) is 0 Å². The van der Waals surface area contributed by atoms with Gasteiger partial charge in [0.05, 0.1) is 0 Å². The van der Waals surface area contributed by atoms with Crippen LogP contribution in [0.5, 0.6) is 0 Å². The van der Waals surface area contributed by atoms with Gasteiger partial charge in [0.2, 0.25) is 0 Å². The molecule has 1 N–H and O–H groups in total. The van der Waals surface area contributed by atoms with E-state index in [9.17, 15) is 0 Å². The van der Waals surface area contributed by atoms with Crippen molar-refractivity contribution in [1.82, 2.24) is 4.98 Å². The lowest BCUT2D eigenvalue weighted by Gasteiger charge is -2.06. The maximum atomic E-state index is 4.48. The number of aliphatic imine (C=N–C) groups is 1. The van der Waals surface area contributed by atoms with Crippen molar-refractivity contribution < 1.29 is 0 Å². The van der Waals surface area contributed by atoms with Crippen LogP contribution >= 0.6 is 0 Å². The fourth-order valence-corrected chi connectivity index (χ4v) is 1.75. The second kappa shape index (κ2) is 3.78. The zero-order valence-corrected chi connectivity index (χ0v) is 8.67. The van der Waals surface area contributed by atoms with Gasteiger partial charge in [-0.3, -0.25) is 4.99 Å². The highest BCUT2D eigenvalue weighted by Gasteiger charge is 2.11. The molecular weight excluding hydrogens is 174 g/mol. The third-order valence-electron chi connectivity index (χ3n) is 2.55. The number of aromatic nitrogens is 1. The van der Waals surface area contributed by atoms with Gasteiger partial charge in [-0.15, -0.1) is 0 Å². The van der Waals surface area contributed by atoms with Crippen molar-refractivity contribution in [3.8, 4) is 0 Å². The highest BCUT2D eigenvalue weighted by molar-refractivity contribution is 6.02. The van der Waals surface area contributed by atoms with E-state index in [2.05, 4.69) is 28.3 Å². The van der Waals surface area contributed by atoms with Crippen molar-refractivity contribution in [3.63, 3.8) is 0 Å². The molecule has 1 aromatic rings. The molecule has 0 amide bonds. The van der Waals surface area contributed by atoms with Crippen LogP contribution in [0.3, 0.4) is 0 Å². The van der Waals surface area contributed by atoms with Crippen LogP contribution in [0.2, 0.25) is 0 Å². The van der Waals surface area contributed by atoms with Crippen LogP contribution in [-0.2, 0) is 0 Å². The molecule has 0 aliphatic carbocycles. The van der Waals surface area contributed by atoms with Crippen LogP contribution in [0, 0.1) is 6.92 Å². The lowest BCUT2D eigenvalue weighted by atomic mass is 10.0. The monoisotopic (exact) mass is 189 g/mol. The van der Waals surface area contributed by atoms with E-state index in [4.69, 9.17) is 0 Å². The predicted octanol–water partition coefficient (Wildman–Crippen LogP) is 2.01. The highest BCUT2D eigenvalue weighted by atomic mass is 14.9. The second-order valence-electron chi connectivity index (χ2n) is 3.57. The number of hydrogen-bond acceptors (Lipinski definition) is 3. The van der Waals surface area contributed by atoms with E-state index >= 15 is 0 Å². The van der Waals surface area contributed by atoms with Gasteiger partial charge in [-0.2, -0.15) is 0 Å². The molecule has 3 nitrogen and oxygen atoms in total. The maximum absolute atomic E-state index is 4.48. The molecule has 0 bridgehead atoms. The summed E-state index contributed by atoms with van der Waals surface area (Å²) in [4.78, 5) is 8.79. The molecule has 1 aromatic heterocycles. The van der Waals surface area contributed by atoms with Crippen LogP contribution in [0.4, 0.5) is 5.82 Å². The van der Waals surface area contributed by atoms with E-state index in [0.29, 0.717) is 0 Å². The molecule has 0 saturated carbocycles. The molecule has 14 heavy (non-hydrogen) atoms. The van der Waals surface area contributed by atoms with Gasteiger partial charge in [0, 0.05) is 31.1 Å². The number of rotatable bonds is 2. The van der Waals surface area contributed by atoms with Crippen molar-refractivity contribution in [1.29, 1.82) is 0 Å². The van der Waals surface area contributed by atoms with Crippen molar-refractivity contribution >= 4 is 11.5 Å². The summed E-state index contributed by atoms with van der Waals surface area (Å²) in [6.45, 7) is 3.08. The van der Waals surface area contributed by atoms with Crippen LogP contribution in [-0.4, -0.2) is 24.3 Å². The Morgan fingerprint density at radius 2 is 2.29 bits per heavy atom. The topological polar surface area (TPSA) is 37.3 Å². The Morgan fingerprint density at radius 3 is 2.86 bits per heavy atom. The third-order valence-corrected chi connectivity index (χ3v) is 2.55. The zero-order valence-electron chi connectivity index (χ0n) is 8.67. The van der Waals surface area contributed by atoms with Crippen molar-refractivity contribution in [3.05, 3.63) is 23.4 Å². The van der Waals surface area contributed by atoms with Crippen LogP contribution in [0.15, 0.2) is 17.3 Å². The summed E-state index contributed by atoms with van der Waals surface area (Å²) >= 11 is 0. The summed E-state index contributed by atoms with van der Waals surface area (Å²) in [7, 11) is 1.88. The Morgan fingerprint density at radius 1 is 1.43 bits per heavy atom. The first-order valence-electron chi connectivity index (χ1n) is 4.99. The first-order valence-corrected chi connectivity index (χ1v) is 4.99. The Bertz CT molecular complexity index is 369. The zero-order chi connectivity index (χ0) is 9.97. The average Bonchev–Trinajstić information content (AvgIpc) is 2.70. The molecule has 0 unspecified atom stereocenters. The van der Waals surface area contributed by atoms with Gasteiger partial charge >= 0.3 is 0 Å². The van der Waals surface area contributed by atoms with E-state index in [0.717, 1.165) is 18.8 Å². The molecular formula is C11H15N3. The minimum Gasteiger partial charge on any atom is -0.373 e. The van der Waals surface area contributed by atoms with Crippen molar-refractivity contribution in [2.45, 2.75) is 19.8 Å². The highest BCUT2D eigenvalue weighted by Crippen LogP contribution is 2.17. The molecule has 0 saturated heterocycles. The lowest BCUT2D eigenvalue weighted by molar-refractivity contribution is 0.951. The quantitative estimate of drug-likeness (QED) is 0.772. The first-order chi connectivity index (χ1) is 6.81. The van der Waals surface area contributed by atoms with Gasteiger partial charge in [0.15, 0.2) is 0 Å². The number of nitrogens with zero attached hydrogens (tertiary/aromatic N) is 2. The number of hydrogen-bond donors (Lipinski definition) is 1. The summed E-state index contributed by atoms with van der Waals surface area (Å²) in [6, 6.07) is 2.07. The standard InChI is InChI=1S/C11H15N3/c1-8-6-11(12-2)14-7-9(8)10-4-3-5-13-10/h6-7H,3-5H2,1-2H3,(H,12,14). The van der Waals surface area contributed by atoms with Crippen molar-refractivity contribution in [2.75, 3.05) is 18.9 Å².